The molecule has 1 unspecified atom stereocenters. The Kier molecular flexibility index (Phi) is 10.1. The number of allylic oxidation sites excluding steroid dienone is 3. The lowest BCUT2D eigenvalue weighted by atomic mass is 9.67. The summed E-state index contributed by atoms with van der Waals surface area (Å²) in [5.74, 6) is 0.417. The Hall–Kier alpha value is -8.72. The third-order valence-electron chi connectivity index (χ3n) is 14.7. The largest absolute Gasteiger partial charge is 0.311 e. The van der Waals surface area contributed by atoms with Gasteiger partial charge in [-0.3, -0.25) is 0 Å². The van der Waals surface area contributed by atoms with Crippen LogP contribution in [0.1, 0.15) is 35.6 Å². The molecule has 1 atom stereocenters. The summed E-state index contributed by atoms with van der Waals surface area (Å²) in [6, 6.07) is 91.8. The van der Waals surface area contributed by atoms with Crippen LogP contribution in [0.3, 0.4) is 0 Å². The average Bonchev–Trinajstić information content (AvgIpc) is 3.92. The number of hydrogen-bond acceptors (Lipinski definition) is 1. The molecule has 2 aliphatic rings. The second-order valence-electron chi connectivity index (χ2n) is 18.9. The molecule has 332 valence electrons. The zero-order valence-electron chi connectivity index (χ0n) is 39.1. The lowest BCUT2D eigenvalue weighted by Crippen LogP contribution is -2.29. The molecule has 0 saturated carbocycles. The molecule has 10 aromatic carbocycles. The molecule has 2 nitrogen and oxygen atoms in total. The predicted molar refractivity (Wildman–Crippen MR) is 294 cm³/mol. The molecule has 0 bridgehead atoms. The van der Waals surface area contributed by atoms with Crippen molar-refractivity contribution in [3.05, 3.63) is 295 Å². The van der Waals surface area contributed by atoms with E-state index in [1.54, 1.807) is 0 Å². The van der Waals surface area contributed by atoms with E-state index in [-0.39, 0.29) is 0 Å². The average molecular weight is 895 g/mol. The SMILES string of the molecule is CC1C=C(N(c2cccc(-c3cccc(-c4ccc5c(c4)c4ccccc4n5-c4ccc(-c5ccccc5)cc4)c3)c2)c2ccc3c(c2)C(c2ccccc2)(c2ccccc2)c2ccccc2-3)C=CC1. The van der Waals surface area contributed by atoms with Crippen LogP contribution in [-0.4, -0.2) is 4.57 Å². The first-order valence-electron chi connectivity index (χ1n) is 24.6. The summed E-state index contributed by atoms with van der Waals surface area (Å²) >= 11 is 0. The summed E-state index contributed by atoms with van der Waals surface area (Å²) in [5.41, 5.74) is 21.4. The molecule has 13 rings (SSSR count). The summed E-state index contributed by atoms with van der Waals surface area (Å²) in [6.07, 6.45) is 8.11. The minimum absolute atomic E-state index is 0.417. The van der Waals surface area contributed by atoms with Gasteiger partial charge in [-0.2, -0.15) is 0 Å². The van der Waals surface area contributed by atoms with Crippen molar-refractivity contribution in [3.63, 3.8) is 0 Å². The lowest BCUT2D eigenvalue weighted by molar-refractivity contribution is 0.726. The molecule has 2 heteroatoms. The molecule has 1 aromatic heterocycles. The van der Waals surface area contributed by atoms with Crippen molar-refractivity contribution in [1.29, 1.82) is 0 Å². The highest BCUT2D eigenvalue weighted by Gasteiger charge is 2.46. The Bertz CT molecular complexity index is 3760. The minimum atomic E-state index is -0.492. The first kappa shape index (κ1) is 41.5. The summed E-state index contributed by atoms with van der Waals surface area (Å²) in [7, 11) is 0. The zero-order valence-corrected chi connectivity index (χ0v) is 39.1. The topological polar surface area (TPSA) is 8.17 Å². The predicted octanol–water partition coefficient (Wildman–Crippen LogP) is 17.8. The van der Waals surface area contributed by atoms with Crippen molar-refractivity contribution in [2.45, 2.75) is 18.8 Å². The van der Waals surface area contributed by atoms with Crippen LogP contribution in [0.2, 0.25) is 0 Å². The van der Waals surface area contributed by atoms with Gasteiger partial charge in [-0.1, -0.05) is 207 Å². The van der Waals surface area contributed by atoms with E-state index < -0.39 is 5.41 Å². The van der Waals surface area contributed by atoms with E-state index in [0.717, 1.165) is 23.5 Å². The first-order chi connectivity index (χ1) is 34.6. The number of hydrogen-bond donors (Lipinski definition) is 0. The van der Waals surface area contributed by atoms with E-state index in [0.29, 0.717) is 5.92 Å². The van der Waals surface area contributed by atoms with Crippen LogP contribution in [0.25, 0.3) is 72.0 Å². The normalized spacial score (nSPS) is 14.6. The Morgan fingerprint density at radius 1 is 0.414 bits per heavy atom. The van der Waals surface area contributed by atoms with Gasteiger partial charge >= 0.3 is 0 Å². The van der Waals surface area contributed by atoms with E-state index in [2.05, 4.69) is 283 Å². The van der Waals surface area contributed by atoms with Crippen molar-refractivity contribution in [1.82, 2.24) is 4.57 Å². The molecule has 11 aromatic rings. The molecule has 0 amide bonds. The number of rotatable bonds is 9. The number of aromatic nitrogens is 1. The van der Waals surface area contributed by atoms with Crippen LogP contribution >= 0.6 is 0 Å². The van der Waals surface area contributed by atoms with Crippen molar-refractivity contribution in [3.8, 4) is 50.2 Å². The van der Waals surface area contributed by atoms with Crippen molar-refractivity contribution in [2.24, 2.45) is 5.92 Å². The maximum absolute atomic E-state index is 2.48. The van der Waals surface area contributed by atoms with Crippen LogP contribution in [-0.2, 0) is 5.41 Å². The maximum Gasteiger partial charge on any atom is 0.0714 e. The number of anilines is 2. The molecule has 0 saturated heterocycles. The number of fused-ring (bicyclic) bond motifs is 6. The van der Waals surface area contributed by atoms with Gasteiger partial charge in [0.1, 0.15) is 0 Å². The molecular formula is C68H50N2. The van der Waals surface area contributed by atoms with E-state index in [4.69, 9.17) is 0 Å². The first-order valence-corrected chi connectivity index (χ1v) is 24.6. The fraction of sp³-hybridized carbons (Fsp3) is 0.0588. The molecule has 0 N–H and O–H groups in total. The van der Waals surface area contributed by atoms with E-state index in [1.807, 2.05) is 0 Å². The number of benzene rings is 10. The molecular weight excluding hydrogens is 845 g/mol. The zero-order chi connectivity index (χ0) is 46.6. The second-order valence-corrected chi connectivity index (χ2v) is 18.9. The minimum Gasteiger partial charge on any atom is -0.311 e. The van der Waals surface area contributed by atoms with Crippen molar-refractivity contribution in [2.75, 3.05) is 4.90 Å². The van der Waals surface area contributed by atoms with Crippen molar-refractivity contribution >= 4 is 33.2 Å². The fourth-order valence-corrected chi connectivity index (χ4v) is 11.6. The van der Waals surface area contributed by atoms with Crippen LogP contribution in [0.15, 0.2) is 273 Å². The highest BCUT2D eigenvalue weighted by Crippen LogP contribution is 2.57. The van der Waals surface area contributed by atoms with Gasteiger partial charge in [0, 0.05) is 33.5 Å². The molecule has 2 aliphatic carbocycles. The van der Waals surface area contributed by atoms with Crippen molar-refractivity contribution < 1.29 is 0 Å². The molecule has 0 radical (unpaired) electrons. The number of nitrogens with zero attached hydrogens (tertiary/aromatic N) is 2. The van der Waals surface area contributed by atoms with Crippen LogP contribution in [0.4, 0.5) is 11.4 Å². The molecule has 0 fully saturated rings. The summed E-state index contributed by atoms with van der Waals surface area (Å²) in [5, 5.41) is 2.49. The Labute approximate surface area is 410 Å². The van der Waals surface area contributed by atoms with Gasteiger partial charge in [0.05, 0.1) is 16.4 Å². The molecule has 1 heterocycles. The van der Waals surface area contributed by atoms with Crippen LogP contribution < -0.4 is 4.90 Å². The third-order valence-corrected chi connectivity index (χ3v) is 14.7. The number of para-hydroxylation sites is 1. The summed E-state index contributed by atoms with van der Waals surface area (Å²) < 4.78 is 2.40. The van der Waals surface area contributed by atoms with Gasteiger partial charge < -0.3 is 9.47 Å². The Morgan fingerprint density at radius 3 is 1.71 bits per heavy atom. The summed E-state index contributed by atoms with van der Waals surface area (Å²) in [4.78, 5) is 2.47. The highest BCUT2D eigenvalue weighted by atomic mass is 15.1. The van der Waals surface area contributed by atoms with Gasteiger partial charge in [0.15, 0.2) is 0 Å². The van der Waals surface area contributed by atoms with E-state index in [1.165, 1.54) is 94.3 Å². The highest BCUT2D eigenvalue weighted by molar-refractivity contribution is 6.10. The smallest absolute Gasteiger partial charge is 0.0714 e. The molecule has 0 aliphatic heterocycles. The van der Waals surface area contributed by atoms with Gasteiger partial charge in [-0.15, -0.1) is 0 Å². The molecule has 0 spiro atoms. The standard InChI is InChI=1S/C68H50N2/c1-47-18-15-28-57(42-47)69(59-39-40-61-60-30-11-13-32-64(60)68(65(61)46-59,54-24-7-3-8-25-54)55-26-9-4-10-27-55)58-29-17-23-52(44-58)50-21-16-22-51(43-50)53-36-41-67-63(45-53)62-31-12-14-33-66(62)70(67)56-37-34-49(35-38-56)48-19-5-2-6-20-48/h2-17,19-47H,18H2,1H3. The van der Waals surface area contributed by atoms with Gasteiger partial charge in [0.25, 0.3) is 0 Å². The van der Waals surface area contributed by atoms with Gasteiger partial charge in [-0.25, -0.2) is 0 Å². The monoisotopic (exact) mass is 894 g/mol. The van der Waals surface area contributed by atoms with Gasteiger partial charge in [-0.05, 0) is 146 Å². The maximum atomic E-state index is 2.48. The second kappa shape index (κ2) is 17.1. The van der Waals surface area contributed by atoms with Gasteiger partial charge in [0.2, 0.25) is 0 Å². The lowest BCUT2D eigenvalue weighted by Gasteiger charge is -2.35. The Balaban J connectivity index is 0.905. The fourth-order valence-electron chi connectivity index (χ4n) is 11.6. The third kappa shape index (κ3) is 6.86. The van der Waals surface area contributed by atoms with E-state index in [9.17, 15) is 0 Å². The Morgan fingerprint density at radius 2 is 0.971 bits per heavy atom. The summed E-state index contributed by atoms with van der Waals surface area (Å²) in [6.45, 7) is 2.32. The van der Waals surface area contributed by atoms with Crippen LogP contribution in [0.5, 0.6) is 0 Å². The van der Waals surface area contributed by atoms with Crippen LogP contribution in [0, 0.1) is 5.92 Å². The quantitative estimate of drug-likeness (QED) is 0.140. The molecule has 70 heavy (non-hydrogen) atoms. The van der Waals surface area contributed by atoms with E-state index >= 15 is 0 Å².